The third-order valence-electron chi connectivity index (χ3n) is 1.48. The van der Waals surface area contributed by atoms with Gasteiger partial charge in [0.2, 0.25) is 5.91 Å². The van der Waals surface area contributed by atoms with E-state index in [2.05, 4.69) is 5.32 Å². The van der Waals surface area contributed by atoms with Crippen molar-refractivity contribution in [3.63, 3.8) is 0 Å². The summed E-state index contributed by atoms with van der Waals surface area (Å²) >= 11 is 5.49. The highest BCUT2D eigenvalue weighted by Gasteiger charge is 2.02. The van der Waals surface area contributed by atoms with E-state index in [1.165, 1.54) is 0 Å². The molecular formula is C9H18ClNO. The molecule has 0 heterocycles. The Kier molecular flexibility index (Phi) is 7.26. The molecular weight excluding hydrogens is 174 g/mol. The molecule has 72 valence electrons. The van der Waals surface area contributed by atoms with Crippen molar-refractivity contribution in [2.24, 2.45) is 5.92 Å². The van der Waals surface area contributed by atoms with Crippen molar-refractivity contribution in [1.29, 1.82) is 0 Å². The van der Waals surface area contributed by atoms with Gasteiger partial charge in [-0.3, -0.25) is 4.79 Å². The highest BCUT2D eigenvalue weighted by molar-refractivity contribution is 6.17. The number of carbonyl (C=O) groups excluding carboxylic acids is 1. The van der Waals surface area contributed by atoms with Crippen molar-refractivity contribution in [1.82, 2.24) is 5.32 Å². The van der Waals surface area contributed by atoms with Crippen LogP contribution in [-0.4, -0.2) is 18.3 Å². The molecule has 0 atom stereocenters. The van der Waals surface area contributed by atoms with Crippen molar-refractivity contribution >= 4 is 17.5 Å². The Morgan fingerprint density at radius 3 is 2.58 bits per heavy atom. The van der Waals surface area contributed by atoms with Crippen LogP contribution in [0.5, 0.6) is 0 Å². The zero-order chi connectivity index (χ0) is 9.40. The van der Waals surface area contributed by atoms with Gasteiger partial charge in [-0.1, -0.05) is 13.8 Å². The van der Waals surface area contributed by atoms with Gasteiger partial charge in [0.25, 0.3) is 0 Å². The van der Waals surface area contributed by atoms with Crippen LogP contribution in [-0.2, 0) is 4.79 Å². The van der Waals surface area contributed by atoms with Crippen LogP contribution >= 0.6 is 11.6 Å². The number of alkyl halides is 1. The van der Waals surface area contributed by atoms with E-state index in [4.69, 9.17) is 11.6 Å². The van der Waals surface area contributed by atoms with Gasteiger partial charge in [-0.25, -0.2) is 0 Å². The predicted octanol–water partition coefficient (Wildman–Crippen LogP) is 2.17. The van der Waals surface area contributed by atoms with Crippen LogP contribution in [0, 0.1) is 5.92 Å². The van der Waals surface area contributed by atoms with Gasteiger partial charge in [0.15, 0.2) is 0 Å². The molecule has 1 N–H and O–H groups in total. The molecule has 0 spiro atoms. The Morgan fingerprint density at radius 2 is 2.08 bits per heavy atom. The average Bonchev–Trinajstić information content (AvgIpc) is 1.97. The number of unbranched alkanes of at least 4 members (excludes halogenated alkanes) is 1. The van der Waals surface area contributed by atoms with Crippen molar-refractivity contribution in [3.05, 3.63) is 0 Å². The number of nitrogens with one attached hydrogen (secondary N) is 1. The SMILES string of the molecule is CC(C)CC(=O)NCCCCCl. The lowest BCUT2D eigenvalue weighted by molar-refractivity contribution is -0.121. The molecule has 0 aliphatic heterocycles. The Morgan fingerprint density at radius 1 is 1.42 bits per heavy atom. The fourth-order valence-corrected chi connectivity index (χ4v) is 1.08. The molecule has 0 fully saturated rings. The summed E-state index contributed by atoms with van der Waals surface area (Å²) in [5.74, 6) is 1.28. The third kappa shape index (κ3) is 7.86. The van der Waals surface area contributed by atoms with Gasteiger partial charge in [-0.05, 0) is 18.8 Å². The molecule has 0 aliphatic rings. The Hall–Kier alpha value is -0.240. The summed E-state index contributed by atoms with van der Waals surface area (Å²) < 4.78 is 0. The maximum atomic E-state index is 11.1. The zero-order valence-electron chi connectivity index (χ0n) is 7.90. The summed E-state index contributed by atoms with van der Waals surface area (Å²) in [6.45, 7) is 4.84. The number of hydrogen-bond acceptors (Lipinski definition) is 1. The molecule has 0 saturated heterocycles. The Balaban J connectivity index is 3.20. The Labute approximate surface area is 79.7 Å². The topological polar surface area (TPSA) is 29.1 Å². The van der Waals surface area contributed by atoms with Crippen LogP contribution < -0.4 is 5.32 Å². The highest BCUT2D eigenvalue weighted by atomic mass is 35.5. The number of halogens is 1. The second-order valence-electron chi connectivity index (χ2n) is 3.34. The van der Waals surface area contributed by atoms with Crippen LogP contribution in [0.3, 0.4) is 0 Å². The van der Waals surface area contributed by atoms with Crippen molar-refractivity contribution in [3.8, 4) is 0 Å². The first-order valence-corrected chi connectivity index (χ1v) is 5.03. The van der Waals surface area contributed by atoms with Crippen LogP contribution in [0.1, 0.15) is 33.1 Å². The smallest absolute Gasteiger partial charge is 0.220 e. The lowest BCUT2D eigenvalue weighted by Gasteiger charge is -2.05. The molecule has 0 radical (unpaired) electrons. The van der Waals surface area contributed by atoms with E-state index in [0.29, 0.717) is 18.2 Å². The normalized spacial score (nSPS) is 10.3. The van der Waals surface area contributed by atoms with Crippen LogP contribution in [0.2, 0.25) is 0 Å². The molecule has 0 aromatic heterocycles. The highest BCUT2D eigenvalue weighted by Crippen LogP contribution is 1.98. The molecule has 1 amide bonds. The lowest BCUT2D eigenvalue weighted by Crippen LogP contribution is -2.25. The maximum Gasteiger partial charge on any atom is 0.220 e. The summed E-state index contributed by atoms with van der Waals surface area (Å²) in [4.78, 5) is 11.1. The largest absolute Gasteiger partial charge is 0.356 e. The molecule has 0 unspecified atom stereocenters. The first-order valence-electron chi connectivity index (χ1n) is 4.49. The quantitative estimate of drug-likeness (QED) is 0.506. The third-order valence-corrected chi connectivity index (χ3v) is 1.74. The summed E-state index contributed by atoms with van der Waals surface area (Å²) in [6.07, 6.45) is 2.58. The molecule has 0 aliphatic carbocycles. The molecule has 0 rings (SSSR count). The van der Waals surface area contributed by atoms with Gasteiger partial charge in [0, 0.05) is 18.8 Å². The molecule has 0 saturated carbocycles. The van der Waals surface area contributed by atoms with Gasteiger partial charge in [-0.2, -0.15) is 0 Å². The van der Waals surface area contributed by atoms with Gasteiger partial charge in [0.1, 0.15) is 0 Å². The molecule has 0 aromatic rings. The minimum atomic E-state index is 0.152. The lowest BCUT2D eigenvalue weighted by atomic mass is 10.1. The van der Waals surface area contributed by atoms with E-state index in [1.807, 2.05) is 13.8 Å². The first kappa shape index (κ1) is 11.8. The minimum absolute atomic E-state index is 0.152. The molecule has 12 heavy (non-hydrogen) atoms. The van der Waals surface area contributed by atoms with Crippen molar-refractivity contribution in [2.45, 2.75) is 33.1 Å². The van der Waals surface area contributed by atoms with Crippen LogP contribution in [0.25, 0.3) is 0 Å². The summed E-state index contributed by atoms with van der Waals surface area (Å²) in [5.41, 5.74) is 0. The van der Waals surface area contributed by atoms with Crippen molar-refractivity contribution in [2.75, 3.05) is 12.4 Å². The summed E-state index contributed by atoms with van der Waals surface area (Å²) in [5, 5.41) is 2.85. The number of rotatable bonds is 6. The number of amides is 1. The van der Waals surface area contributed by atoms with Crippen LogP contribution in [0.15, 0.2) is 0 Å². The molecule has 3 heteroatoms. The fraction of sp³-hybridized carbons (Fsp3) is 0.889. The number of carbonyl (C=O) groups is 1. The van der Waals surface area contributed by atoms with E-state index in [9.17, 15) is 4.79 Å². The van der Waals surface area contributed by atoms with Gasteiger partial charge in [0.05, 0.1) is 0 Å². The molecule has 2 nitrogen and oxygen atoms in total. The van der Waals surface area contributed by atoms with E-state index in [0.717, 1.165) is 19.4 Å². The average molecular weight is 192 g/mol. The fourth-order valence-electron chi connectivity index (χ4n) is 0.890. The van der Waals surface area contributed by atoms with E-state index in [-0.39, 0.29) is 5.91 Å². The molecule has 0 aromatic carbocycles. The molecule has 0 bridgehead atoms. The van der Waals surface area contributed by atoms with E-state index >= 15 is 0 Å². The van der Waals surface area contributed by atoms with Gasteiger partial charge in [-0.15, -0.1) is 11.6 Å². The standard InChI is InChI=1S/C9H18ClNO/c1-8(2)7-9(12)11-6-4-3-5-10/h8H,3-7H2,1-2H3,(H,11,12). The minimum Gasteiger partial charge on any atom is -0.356 e. The van der Waals surface area contributed by atoms with Gasteiger partial charge >= 0.3 is 0 Å². The second-order valence-corrected chi connectivity index (χ2v) is 3.72. The predicted molar refractivity (Wildman–Crippen MR) is 52.4 cm³/mol. The maximum absolute atomic E-state index is 11.1. The summed E-state index contributed by atoms with van der Waals surface area (Å²) in [6, 6.07) is 0. The van der Waals surface area contributed by atoms with Gasteiger partial charge < -0.3 is 5.32 Å². The Bertz CT molecular complexity index is 126. The van der Waals surface area contributed by atoms with E-state index in [1.54, 1.807) is 0 Å². The number of hydrogen-bond donors (Lipinski definition) is 1. The second kappa shape index (κ2) is 7.41. The van der Waals surface area contributed by atoms with Crippen molar-refractivity contribution < 1.29 is 4.79 Å². The zero-order valence-corrected chi connectivity index (χ0v) is 8.66. The van der Waals surface area contributed by atoms with E-state index < -0.39 is 0 Å². The monoisotopic (exact) mass is 191 g/mol. The van der Waals surface area contributed by atoms with Crippen LogP contribution in [0.4, 0.5) is 0 Å². The first-order chi connectivity index (χ1) is 5.66. The summed E-state index contributed by atoms with van der Waals surface area (Å²) in [7, 11) is 0.